The summed E-state index contributed by atoms with van der Waals surface area (Å²) < 4.78 is 16.2. The van der Waals surface area contributed by atoms with Gasteiger partial charge < -0.3 is 29.5 Å². The Hall–Kier alpha value is -4.02. The number of carboxylic acids is 1. The first kappa shape index (κ1) is 31.9. The summed E-state index contributed by atoms with van der Waals surface area (Å²) in [5, 5.41) is 13.1. The van der Waals surface area contributed by atoms with Gasteiger partial charge in [-0.2, -0.15) is 0 Å². The van der Waals surface area contributed by atoms with Gasteiger partial charge in [0.1, 0.15) is 12.4 Å². The van der Waals surface area contributed by atoms with Gasteiger partial charge in [0, 0.05) is 40.0 Å². The summed E-state index contributed by atoms with van der Waals surface area (Å²) in [7, 11) is 2.37. The zero-order valence-electron chi connectivity index (χ0n) is 23.8. The monoisotopic (exact) mass is 630 g/mol. The molecule has 1 amide bonds. The molecule has 2 aliphatic rings. The molecular weight excluding hydrogens is 599 g/mol. The summed E-state index contributed by atoms with van der Waals surface area (Å²) >= 11 is 13.2. The molecule has 1 atom stereocenters. The van der Waals surface area contributed by atoms with E-state index in [2.05, 4.69) is 5.32 Å². The van der Waals surface area contributed by atoms with Gasteiger partial charge in [-0.15, -0.1) is 0 Å². The Labute approximate surface area is 259 Å². The highest BCUT2D eigenvalue weighted by Gasteiger charge is 2.41. The van der Waals surface area contributed by atoms with Crippen molar-refractivity contribution in [3.8, 4) is 5.75 Å². The second-order valence-electron chi connectivity index (χ2n) is 9.97. The number of allylic oxidation sites excluding steroid dienone is 1. The first-order valence-electron chi connectivity index (χ1n) is 13.7. The first-order chi connectivity index (χ1) is 20.7. The lowest BCUT2D eigenvalue weighted by atomic mass is 9.78. The lowest BCUT2D eigenvalue weighted by Crippen LogP contribution is -2.35. The first-order valence-corrected chi connectivity index (χ1v) is 14.5. The van der Waals surface area contributed by atoms with Crippen LogP contribution in [-0.4, -0.2) is 67.7 Å². The van der Waals surface area contributed by atoms with Crippen LogP contribution in [0.25, 0.3) is 0 Å². The number of likely N-dealkylation sites (tertiary alicyclic amines) is 1. The van der Waals surface area contributed by atoms with Gasteiger partial charge in [-0.25, -0.2) is 9.59 Å². The van der Waals surface area contributed by atoms with Crippen molar-refractivity contribution in [3.63, 3.8) is 0 Å². The van der Waals surface area contributed by atoms with Crippen LogP contribution < -0.4 is 10.1 Å². The molecule has 1 saturated heterocycles. The number of methoxy groups -OCH3 is 2. The zero-order chi connectivity index (χ0) is 31.1. The molecule has 2 N–H and O–H groups in total. The van der Waals surface area contributed by atoms with E-state index >= 15 is 0 Å². The maximum atomic E-state index is 13.4. The van der Waals surface area contributed by atoms with Crippen molar-refractivity contribution >= 4 is 47.0 Å². The fourth-order valence-electron chi connectivity index (χ4n) is 5.39. The summed E-state index contributed by atoms with van der Waals surface area (Å²) in [4.78, 5) is 52.2. The van der Waals surface area contributed by atoms with Crippen LogP contribution in [0.4, 0.5) is 0 Å². The number of ether oxygens (including phenoxy) is 3. The normalized spacial score (nSPS) is 16.7. The van der Waals surface area contributed by atoms with E-state index in [-0.39, 0.29) is 44.8 Å². The van der Waals surface area contributed by atoms with Gasteiger partial charge in [0.25, 0.3) is 0 Å². The van der Waals surface area contributed by atoms with Crippen LogP contribution in [0.2, 0.25) is 10.0 Å². The molecule has 2 heterocycles. The maximum Gasteiger partial charge on any atom is 0.336 e. The molecule has 0 spiro atoms. The molecule has 1 unspecified atom stereocenters. The second kappa shape index (κ2) is 14.4. The van der Waals surface area contributed by atoms with Crippen LogP contribution in [0.3, 0.4) is 0 Å². The van der Waals surface area contributed by atoms with Gasteiger partial charge in [0.05, 0.1) is 44.2 Å². The number of nitrogens with one attached hydrogen (secondary N) is 1. The molecule has 12 heteroatoms. The number of rotatable bonds is 12. The van der Waals surface area contributed by atoms with Gasteiger partial charge in [0.15, 0.2) is 0 Å². The molecule has 1 fully saturated rings. The maximum absolute atomic E-state index is 13.4. The lowest BCUT2D eigenvalue weighted by molar-refractivity contribution is -0.137. The lowest BCUT2D eigenvalue weighted by Gasteiger charge is -2.33. The number of benzene rings is 2. The molecule has 0 aliphatic carbocycles. The van der Waals surface area contributed by atoms with E-state index in [0.717, 1.165) is 25.6 Å². The third kappa shape index (κ3) is 7.32. The SMILES string of the molecule is COC(=O)C1=C(CCc2ccccc2OCCN2CCCC2=O)NC(CC(=O)O)=C(C(=O)OC)C1c1c(Cl)cccc1Cl. The molecule has 43 heavy (non-hydrogen) atoms. The van der Waals surface area contributed by atoms with E-state index in [1.54, 1.807) is 23.1 Å². The summed E-state index contributed by atoms with van der Waals surface area (Å²) in [6.45, 7) is 1.51. The Morgan fingerprint density at radius 2 is 1.60 bits per heavy atom. The number of nitrogens with zero attached hydrogens (tertiary/aromatic N) is 1. The van der Waals surface area contributed by atoms with E-state index in [1.807, 2.05) is 24.3 Å². The van der Waals surface area contributed by atoms with Crippen LogP contribution in [-0.2, 0) is 35.1 Å². The highest BCUT2D eigenvalue weighted by molar-refractivity contribution is 6.36. The minimum Gasteiger partial charge on any atom is -0.491 e. The van der Waals surface area contributed by atoms with Crippen LogP contribution in [0, 0.1) is 0 Å². The number of carbonyl (C=O) groups is 4. The molecule has 0 aromatic heterocycles. The summed E-state index contributed by atoms with van der Waals surface area (Å²) in [6, 6.07) is 12.1. The van der Waals surface area contributed by atoms with E-state index < -0.39 is 30.2 Å². The fraction of sp³-hybridized carbons (Fsp3) is 0.355. The van der Waals surface area contributed by atoms with Crippen LogP contribution >= 0.6 is 23.2 Å². The molecule has 2 aromatic rings. The molecule has 0 radical (unpaired) electrons. The average Bonchev–Trinajstić information content (AvgIpc) is 3.39. The van der Waals surface area contributed by atoms with Crippen molar-refractivity contribution in [3.05, 3.63) is 86.2 Å². The largest absolute Gasteiger partial charge is 0.491 e. The minimum absolute atomic E-state index is 0.0443. The van der Waals surface area contributed by atoms with Crippen LogP contribution in [0.5, 0.6) is 5.75 Å². The Balaban J connectivity index is 1.73. The standard InChI is InChI=1S/C31H32Cl2N2O8/c1-41-30(39)27-21(13-12-18-7-3-4-10-23(18)43-16-15-35-14-6-11-24(35)36)34-22(17-25(37)38)28(31(40)42-2)29(27)26-19(32)8-5-9-20(26)33/h3-5,7-10,29,34H,6,11-17H2,1-2H3,(H,37,38). The number of hydrogen-bond acceptors (Lipinski definition) is 8. The van der Waals surface area contributed by atoms with Crippen LogP contribution in [0.15, 0.2) is 65.0 Å². The molecule has 0 bridgehead atoms. The van der Waals surface area contributed by atoms with Gasteiger partial charge in [-0.3, -0.25) is 9.59 Å². The number of carbonyl (C=O) groups excluding carboxylic acids is 3. The number of hydrogen-bond donors (Lipinski definition) is 2. The van der Waals surface area contributed by atoms with Crippen molar-refractivity contribution in [2.45, 2.75) is 38.0 Å². The number of para-hydroxylation sites is 1. The van der Waals surface area contributed by atoms with Crippen LogP contribution in [0.1, 0.15) is 42.7 Å². The number of esters is 2. The third-order valence-corrected chi connectivity index (χ3v) is 8.02. The molecule has 2 aromatic carbocycles. The topological polar surface area (TPSA) is 131 Å². The fourth-order valence-corrected chi connectivity index (χ4v) is 6.01. The predicted molar refractivity (Wildman–Crippen MR) is 159 cm³/mol. The Bertz CT molecular complexity index is 1470. The highest BCUT2D eigenvalue weighted by atomic mass is 35.5. The number of aliphatic carboxylic acids is 1. The van der Waals surface area contributed by atoms with Gasteiger partial charge >= 0.3 is 17.9 Å². The Kier molecular flexibility index (Phi) is 10.7. The van der Waals surface area contributed by atoms with E-state index in [9.17, 15) is 24.3 Å². The Morgan fingerprint density at radius 1 is 0.953 bits per heavy atom. The molecule has 4 rings (SSSR count). The number of dihydropyridines is 1. The zero-order valence-corrected chi connectivity index (χ0v) is 25.3. The highest BCUT2D eigenvalue weighted by Crippen LogP contribution is 2.46. The molecular formula is C31H32Cl2N2O8. The van der Waals surface area contributed by atoms with Crippen molar-refractivity contribution in [2.75, 3.05) is 33.9 Å². The van der Waals surface area contributed by atoms with Crippen molar-refractivity contribution in [2.24, 2.45) is 0 Å². The van der Waals surface area contributed by atoms with Gasteiger partial charge in [0.2, 0.25) is 5.91 Å². The second-order valence-corrected chi connectivity index (χ2v) is 10.8. The van der Waals surface area contributed by atoms with E-state index in [1.165, 1.54) is 7.11 Å². The summed E-state index contributed by atoms with van der Waals surface area (Å²) in [6.07, 6.45) is 1.42. The van der Waals surface area contributed by atoms with E-state index in [4.69, 9.17) is 37.4 Å². The third-order valence-electron chi connectivity index (χ3n) is 7.36. The summed E-state index contributed by atoms with van der Waals surface area (Å²) in [5.74, 6) is -3.24. The van der Waals surface area contributed by atoms with E-state index in [0.29, 0.717) is 37.4 Å². The number of amides is 1. The number of halogens is 2. The van der Waals surface area contributed by atoms with Gasteiger partial charge in [-0.1, -0.05) is 47.5 Å². The smallest absolute Gasteiger partial charge is 0.336 e. The number of carboxylic acid groups (broad SMARTS) is 1. The Morgan fingerprint density at radius 3 is 2.21 bits per heavy atom. The summed E-state index contributed by atoms with van der Waals surface area (Å²) in [5.41, 5.74) is 1.40. The minimum atomic E-state index is -1.20. The molecule has 2 aliphatic heterocycles. The molecule has 228 valence electrons. The van der Waals surface area contributed by atoms with Gasteiger partial charge in [-0.05, 0) is 43.0 Å². The van der Waals surface area contributed by atoms with Crippen molar-refractivity contribution in [1.29, 1.82) is 0 Å². The molecule has 0 saturated carbocycles. The predicted octanol–water partition coefficient (Wildman–Crippen LogP) is 4.64. The average molecular weight is 632 g/mol. The molecule has 10 nitrogen and oxygen atoms in total. The van der Waals surface area contributed by atoms with Crippen molar-refractivity contribution < 1.29 is 38.5 Å². The van der Waals surface area contributed by atoms with Crippen molar-refractivity contribution in [1.82, 2.24) is 10.2 Å². The number of aryl methyl sites for hydroxylation is 1. The quantitative estimate of drug-likeness (QED) is 0.322.